The van der Waals surface area contributed by atoms with Crippen LogP contribution in [0.5, 0.6) is 0 Å². The molecule has 0 saturated carbocycles. The summed E-state index contributed by atoms with van der Waals surface area (Å²) in [6, 6.07) is 1.78. The molecule has 1 aliphatic heterocycles. The summed E-state index contributed by atoms with van der Waals surface area (Å²) in [4.78, 5) is 15.8. The molecule has 0 aromatic carbocycles. The number of carbonyl (C=O) groups is 1. The summed E-state index contributed by atoms with van der Waals surface area (Å²) >= 11 is 5.83. The molecule has 0 N–H and O–H groups in total. The summed E-state index contributed by atoms with van der Waals surface area (Å²) in [6.07, 6.45) is 1.41. The van der Waals surface area contributed by atoms with Crippen LogP contribution in [0.4, 0.5) is 10.5 Å². The van der Waals surface area contributed by atoms with Gasteiger partial charge in [-0.25, -0.2) is 4.79 Å². The number of anilines is 1. The van der Waals surface area contributed by atoms with Gasteiger partial charge in [-0.05, 0) is 20.8 Å². The van der Waals surface area contributed by atoms with Crippen LogP contribution in [0.1, 0.15) is 20.8 Å². The second kappa shape index (κ2) is 5.83. The molecule has 0 bridgehead atoms. The minimum absolute atomic E-state index is 0.261. The van der Waals surface area contributed by atoms with E-state index in [9.17, 15) is 4.79 Å². The van der Waals surface area contributed by atoms with Crippen molar-refractivity contribution in [2.75, 3.05) is 31.1 Å². The summed E-state index contributed by atoms with van der Waals surface area (Å²) in [7, 11) is 0. The molecule has 0 radical (unpaired) electrons. The van der Waals surface area contributed by atoms with E-state index >= 15 is 0 Å². The van der Waals surface area contributed by atoms with Gasteiger partial charge < -0.3 is 14.5 Å². The number of ether oxygens (including phenoxy) is 1. The third kappa shape index (κ3) is 3.96. The molecule has 2 heterocycles. The van der Waals surface area contributed by atoms with Crippen LogP contribution in [0.25, 0.3) is 0 Å². The highest BCUT2D eigenvalue weighted by Crippen LogP contribution is 2.18. The van der Waals surface area contributed by atoms with E-state index in [1.165, 1.54) is 0 Å². The van der Waals surface area contributed by atoms with E-state index in [1.54, 1.807) is 17.2 Å². The predicted molar refractivity (Wildman–Crippen MR) is 77.1 cm³/mol. The third-order valence-electron chi connectivity index (χ3n) is 2.91. The molecular weight excluding hydrogens is 280 g/mol. The van der Waals surface area contributed by atoms with Crippen molar-refractivity contribution in [1.29, 1.82) is 0 Å². The van der Waals surface area contributed by atoms with Crippen molar-refractivity contribution in [2.24, 2.45) is 0 Å². The van der Waals surface area contributed by atoms with Gasteiger partial charge in [-0.1, -0.05) is 11.6 Å². The van der Waals surface area contributed by atoms with Crippen molar-refractivity contribution in [3.05, 3.63) is 17.4 Å². The molecule has 1 aromatic rings. The zero-order chi connectivity index (χ0) is 14.8. The van der Waals surface area contributed by atoms with Crippen LogP contribution < -0.4 is 4.90 Å². The number of rotatable bonds is 1. The Labute approximate surface area is 123 Å². The van der Waals surface area contributed by atoms with Crippen molar-refractivity contribution in [3.63, 3.8) is 0 Å². The first-order valence-corrected chi connectivity index (χ1v) is 6.94. The summed E-state index contributed by atoms with van der Waals surface area (Å²) < 4.78 is 5.36. The van der Waals surface area contributed by atoms with Crippen molar-refractivity contribution in [1.82, 2.24) is 15.1 Å². The molecule has 1 aromatic heterocycles. The first-order valence-electron chi connectivity index (χ1n) is 6.56. The lowest BCUT2D eigenvalue weighted by molar-refractivity contribution is 0.0240. The molecule has 0 unspecified atom stereocenters. The molecule has 0 aliphatic carbocycles. The quantitative estimate of drug-likeness (QED) is 0.795. The average Bonchev–Trinajstić information content (AvgIpc) is 2.37. The van der Waals surface area contributed by atoms with Crippen LogP contribution in [-0.4, -0.2) is 53.0 Å². The van der Waals surface area contributed by atoms with Gasteiger partial charge >= 0.3 is 6.09 Å². The van der Waals surface area contributed by atoms with E-state index in [4.69, 9.17) is 16.3 Å². The number of piperazine rings is 1. The summed E-state index contributed by atoms with van der Waals surface area (Å²) in [6.45, 7) is 8.29. The van der Waals surface area contributed by atoms with Crippen molar-refractivity contribution in [3.8, 4) is 0 Å². The van der Waals surface area contributed by atoms with Gasteiger partial charge in [-0.3, -0.25) is 0 Å². The van der Waals surface area contributed by atoms with E-state index in [2.05, 4.69) is 15.1 Å². The summed E-state index contributed by atoms with van der Waals surface area (Å²) in [5.41, 5.74) is 0.463. The van der Waals surface area contributed by atoms with Crippen LogP contribution >= 0.6 is 11.6 Å². The van der Waals surface area contributed by atoms with Gasteiger partial charge in [-0.2, -0.15) is 5.10 Å². The largest absolute Gasteiger partial charge is 0.444 e. The Morgan fingerprint density at radius 2 is 1.95 bits per heavy atom. The maximum atomic E-state index is 12.0. The van der Waals surface area contributed by atoms with Crippen LogP contribution in [0.2, 0.25) is 5.15 Å². The van der Waals surface area contributed by atoms with E-state index in [1.807, 2.05) is 20.8 Å². The average molecular weight is 299 g/mol. The van der Waals surface area contributed by atoms with Crippen molar-refractivity contribution < 1.29 is 9.53 Å². The number of hydrogen-bond donors (Lipinski definition) is 0. The smallest absolute Gasteiger partial charge is 0.410 e. The minimum Gasteiger partial charge on any atom is -0.444 e. The molecule has 0 spiro atoms. The number of carbonyl (C=O) groups excluding carboxylic acids is 1. The van der Waals surface area contributed by atoms with E-state index in [-0.39, 0.29) is 6.09 Å². The second-order valence-electron chi connectivity index (χ2n) is 5.69. The normalized spacial score (nSPS) is 16.2. The Kier molecular flexibility index (Phi) is 4.32. The minimum atomic E-state index is -0.462. The molecule has 2 rings (SSSR count). The first kappa shape index (κ1) is 14.8. The SMILES string of the molecule is CC(C)(C)OC(=O)N1CCN(c2cnnc(Cl)c2)CC1. The molecule has 6 nitrogen and oxygen atoms in total. The summed E-state index contributed by atoms with van der Waals surface area (Å²) in [5, 5.41) is 7.93. The standard InChI is InChI=1S/C13H19ClN4O2/c1-13(2,3)20-12(19)18-6-4-17(5-7-18)10-8-11(14)16-15-9-10/h8-9H,4-7H2,1-3H3. The molecule has 1 saturated heterocycles. The van der Waals surface area contributed by atoms with Gasteiger partial charge in [0.15, 0.2) is 5.15 Å². The van der Waals surface area contributed by atoms with Gasteiger partial charge in [-0.15, -0.1) is 5.10 Å². The molecular formula is C13H19ClN4O2. The van der Waals surface area contributed by atoms with E-state index in [0.717, 1.165) is 18.8 Å². The molecule has 1 fully saturated rings. The van der Waals surface area contributed by atoms with Crippen LogP contribution in [0, 0.1) is 0 Å². The lowest BCUT2D eigenvalue weighted by Gasteiger charge is -2.36. The monoisotopic (exact) mass is 298 g/mol. The zero-order valence-electron chi connectivity index (χ0n) is 12.0. The number of halogens is 1. The van der Waals surface area contributed by atoms with E-state index < -0.39 is 5.60 Å². The maximum Gasteiger partial charge on any atom is 0.410 e. The Morgan fingerprint density at radius 3 is 2.50 bits per heavy atom. The van der Waals surface area contributed by atoms with Gasteiger partial charge in [0.1, 0.15) is 5.60 Å². The first-order chi connectivity index (χ1) is 9.35. The third-order valence-corrected chi connectivity index (χ3v) is 3.09. The Morgan fingerprint density at radius 1 is 1.30 bits per heavy atom. The Hall–Kier alpha value is -1.56. The number of nitrogens with zero attached hydrogens (tertiary/aromatic N) is 4. The molecule has 20 heavy (non-hydrogen) atoms. The van der Waals surface area contributed by atoms with Crippen LogP contribution in [0.3, 0.4) is 0 Å². The van der Waals surface area contributed by atoms with Gasteiger partial charge in [0.05, 0.1) is 11.9 Å². The van der Waals surface area contributed by atoms with E-state index in [0.29, 0.717) is 18.2 Å². The maximum absolute atomic E-state index is 12.0. The fraction of sp³-hybridized carbons (Fsp3) is 0.615. The lowest BCUT2D eigenvalue weighted by atomic mass is 10.2. The van der Waals surface area contributed by atoms with Crippen LogP contribution in [0.15, 0.2) is 12.3 Å². The fourth-order valence-electron chi connectivity index (χ4n) is 1.98. The van der Waals surface area contributed by atoms with Crippen molar-refractivity contribution >= 4 is 23.4 Å². The molecule has 0 atom stereocenters. The molecule has 1 amide bonds. The van der Waals surface area contributed by atoms with Crippen LogP contribution in [-0.2, 0) is 4.74 Å². The number of hydrogen-bond acceptors (Lipinski definition) is 5. The van der Waals surface area contributed by atoms with Crippen molar-refractivity contribution in [2.45, 2.75) is 26.4 Å². The molecule has 1 aliphatic rings. The lowest BCUT2D eigenvalue weighted by Crippen LogP contribution is -2.50. The fourth-order valence-corrected chi connectivity index (χ4v) is 2.13. The number of aromatic nitrogens is 2. The van der Waals surface area contributed by atoms with Gasteiger partial charge in [0.2, 0.25) is 0 Å². The molecule has 110 valence electrons. The Bertz CT molecular complexity index is 482. The summed E-state index contributed by atoms with van der Waals surface area (Å²) in [5.74, 6) is 0. The predicted octanol–water partition coefficient (Wildman–Crippen LogP) is 2.19. The highest BCUT2D eigenvalue weighted by Gasteiger charge is 2.26. The topological polar surface area (TPSA) is 58.6 Å². The van der Waals surface area contributed by atoms with Gasteiger partial charge in [0, 0.05) is 32.2 Å². The highest BCUT2D eigenvalue weighted by molar-refractivity contribution is 6.29. The molecule has 7 heteroatoms. The van der Waals surface area contributed by atoms with Gasteiger partial charge in [0.25, 0.3) is 0 Å². The number of amides is 1. The highest BCUT2D eigenvalue weighted by atomic mass is 35.5. The second-order valence-corrected chi connectivity index (χ2v) is 6.08. The Balaban J connectivity index is 1.91. The zero-order valence-corrected chi connectivity index (χ0v) is 12.7.